The summed E-state index contributed by atoms with van der Waals surface area (Å²) in [5.74, 6) is -0.213. The van der Waals surface area contributed by atoms with Gasteiger partial charge in [-0.15, -0.1) is 0 Å². The van der Waals surface area contributed by atoms with Gasteiger partial charge < -0.3 is 5.32 Å². The van der Waals surface area contributed by atoms with Crippen LogP contribution in [0.1, 0.15) is 16.7 Å². The Morgan fingerprint density at radius 3 is 2.61 bits per heavy atom. The van der Waals surface area contributed by atoms with E-state index in [4.69, 9.17) is 0 Å². The van der Waals surface area contributed by atoms with Gasteiger partial charge in [-0.25, -0.2) is 4.39 Å². The van der Waals surface area contributed by atoms with E-state index in [1.165, 1.54) is 11.6 Å². The van der Waals surface area contributed by atoms with Gasteiger partial charge in [-0.2, -0.15) is 0 Å². The van der Waals surface area contributed by atoms with Crippen LogP contribution in [0.15, 0.2) is 40.9 Å². The molecule has 94 valence electrons. The molecular formula is C15H15BrFN. The van der Waals surface area contributed by atoms with Gasteiger partial charge in [0.15, 0.2) is 0 Å². The van der Waals surface area contributed by atoms with Gasteiger partial charge in [0.25, 0.3) is 0 Å². The Morgan fingerprint density at radius 1 is 1.11 bits per heavy atom. The summed E-state index contributed by atoms with van der Waals surface area (Å²) in [5, 5.41) is 3.13. The molecule has 0 spiro atoms. The third-order valence-electron chi connectivity index (χ3n) is 2.83. The molecule has 2 aromatic carbocycles. The SMILES string of the molecule is Cc1ccc(F)c(NCc2ccc(Br)c(C)c2)c1. The molecule has 0 saturated heterocycles. The highest BCUT2D eigenvalue weighted by Gasteiger charge is 2.02. The molecule has 0 aromatic heterocycles. The molecule has 1 nitrogen and oxygen atoms in total. The maximum absolute atomic E-state index is 13.5. The minimum absolute atomic E-state index is 0.213. The zero-order valence-electron chi connectivity index (χ0n) is 10.4. The predicted octanol–water partition coefficient (Wildman–Crippen LogP) is 4.82. The summed E-state index contributed by atoms with van der Waals surface area (Å²) in [6.45, 7) is 4.61. The largest absolute Gasteiger partial charge is 0.379 e. The molecule has 0 saturated carbocycles. The Balaban J connectivity index is 2.11. The molecule has 0 aliphatic heterocycles. The van der Waals surface area contributed by atoms with Crippen molar-refractivity contribution in [2.75, 3.05) is 5.32 Å². The molecule has 0 bridgehead atoms. The number of nitrogens with one attached hydrogen (secondary N) is 1. The third-order valence-corrected chi connectivity index (χ3v) is 3.72. The van der Waals surface area contributed by atoms with Gasteiger partial charge >= 0.3 is 0 Å². The fourth-order valence-corrected chi connectivity index (χ4v) is 2.04. The lowest BCUT2D eigenvalue weighted by Crippen LogP contribution is -2.02. The van der Waals surface area contributed by atoms with Crippen LogP contribution in [0.25, 0.3) is 0 Å². The van der Waals surface area contributed by atoms with E-state index in [2.05, 4.69) is 27.3 Å². The number of rotatable bonds is 3. The summed E-state index contributed by atoms with van der Waals surface area (Å²) < 4.78 is 14.6. The van der Waals surface area contributed by atoms with Crippen molar-refractivity contribution in [1.29, 1.82) is 0 Å². The van der Waals surface area contributed by atoms with Gasteiger partial charge in [-0.1, -0.05) is 34.1 Å². The van der Waals surface area contributed by atoms with Gasteiger partial charge in [0.1, 0.15) is 5.82 Å². The molecule has 0 aliphatic carbocycles. The zero-order valence-corrected chi connectivity index (χ0v) is 12.0. The van der Waals surface area contributed by atoms with Gasteiger partial charge in [0.2, 0.25) is 0 Å². The number of hydrogen-bond donors (Lipinski definition) is 1. The van der Waals surface area contributed by atoms with Crippen LogP contribution < -0.4 is 5.32 Å². The van der Waals surface area contributed by atoms with Crippen LogP contribution in [0, 0.1) is 19.7 Å². The first kappa shape index (κ1) is 13.1. The topological polar surface area (TPSA) is 12.0 Å². The smallest absolute Gasteiger partial charge is 0.146 e. The number of aryl methyl sites for hydroxylation is 2. The van der Waals surface area contributed by atoms with Gasteiger partial charge in [-0.05, 0) is 48.7 Å². The second kappa shape index (κ2) is 5.53. The first-order chi connectivity index (χ1) is 8.56. The van der Waals surface area contributed by atoms with Crippen molar-refractivity contribution in [2.45, 2.75) is 20.4 Å². The van der Waals surface area contributed by atoms with Gasteiger partial charge in [0.05, 0.1) is 5.69 Å². The molecule has 2 rings (SSSR count). The van der Waals surface area contributed by atoms with Crippen molar-refractivity contribution >= 4 is 21.6 Å². The molecule has 18 heavy (non-hydrogen) atoms. The Bertz CT molecular complexity index is 566. The highest BCUT2D eigenvalue weighted by molar-refractivity contribution is 9.10. The zero-order chi connectivity index (χ0) is 13.1. The number of anilines is 1. The van der Waals surface area contributed by atoms with E-state index in [-0.39, 0.29) is 5.82 Å². The van der Waals surface area contributed by atoms with E-state index in [9.17, 15) is 4.39 Å². The summed E-state index contributed by atoms with van der Waals surface area (Å²) >= 11 is 3.47. The molecule has 0 amide bonds. The lowest BCUT2D eigenvalue weighted by molar-refractivity contribution is 0.629. The molecule has 0 fully saturated rings. The van der Waals surface area contributed by atoms with Crippen LogP contribution in [0.4, 0.5) is 10.1 Å². The lowest BCUT2D eigenvalue weighted by atomic mass is 10.1. The van der Waals surface area contributed by atoms with E-state index >= 15 is 0 Å². The van der Waals surface area contributed by atoms with Crippen molar-refractivity contribution in [3.8, 4) is 0 Å². The second-order valence-electron chi connectivity index (χ2n) is 4.42. The molecule has 3 heteroatoms. The average molecular weight is 308 g/mol. The second-order valence-corrected chi connectivity index (χ2v) is 5.27. The summed E-state index contributed by atoms with van der Waals surface area (Å²) in [6, 6.07) is 11.2. The van der Waals surface area contributed by atoms with Crippen molar-refractivity contribution in [3.63, 3.8) is 0 Å². The van der Waals surface area contributed by atoms with Crippen LogP contribution in [0.5, 0.6) is 0 Å². The maximum atomic E-state index is 13.5. The van der Waals surface area contributed by atoms with E-state index in [0.717, 1.165) is 15.6 Å². The first-order valence-corrected chi connectivity index (χ1v) is 6.60. The molecule has 0 radical (unpaired) electrons. The predicted molar refractivity (Wildman–Crippen MR) is 77.3 cm³/mol. The third kappa shape index (κ3) is 3.10. The lowest BCUT2D eigenvalue weighted by Gasteiger charge is -2.09. The minimum Gasteiger partial charge on any atom is -0.379 e. The summed E-state index contributed by atoms with van der Waals surface area (Å²) in [6.07, 6.45) is 0. The van der Waals surface area contributed by atoms with E-state index in [1.54, 1.807) is 6.07 Å². The normalized spacial score (nSPS) is 10.4. The Labute approximate surface area is 115 Å². The molecular weight excluding hydrogens is 293 g/mol. The number of hydrogen-bond acceptors (Lipinski definition) is 1. The van der Waals surface area contributed by atoms with Crippen molar-refractivity contribution in [3.05, 3.63) is 63.4 Å². The van der Waals surface area contributed by atoms with Crippen LogP contribution in [0.3, 0.4) is 0 Å². The Kier molecular flexibility index (Phi) is 4.02. The van der Waals surface area contributed by atoms with Gasteiger partial charge in [0, 0.05) is 11.0 Å². The molecule has 0 aliphatic rings. The average Bonchev–Trinajstić information content (AvgIpc) is 2.34. The van der Waals surface area contributed by atoms with E-state index in [0.29, 0.717) is 12.2 Å². The standard InChI is InChI=1S/C15H15BrFN/c1-10-3-6-14(17)15(7-10)18-9-12-4-5-13(16)11(2)8-12/h3-8,18H,9H2,1-2H3. The summed E-state index contributed by atoms with van der Waals surface area (Å²) in [5.41, 5.74) is 3.91. The van der Waals surface area contributed by atoms with Crippen LogP contribution in [-0.2, 0) is 6.54 Å². The fourth-order valence-electron chi connectivity index (χ4n) is 1.79. The number of halogens is 2. The van der Waals surface area contributed by atoms with Gasteiger partial charge in [-0.3, -0.25) is 0 Å². The Morgan fingerprint density at radius 2 is 1.89 bits per heavy atom. The van der Waals surface area contributed by atoms with E-state index < -0.39 is 0 Å². The molecule has 0 atom stereocenters. The van der Waals surface area contributed by atoms with Crippen LogP contribution in [-0.4, -0.2) is 0 Å². The van der Waals surface area contributed by atoms with E-state index in [1.807, 2.05) is 32.0 Å². The molecule has 0 unspecified atom stereocenters. The highest BCUT2D eigenvalue weighted by Crippen LogP contribution is 2.19. The highest BCUT2D eigenvalue weighted by atomic mass is 79.9. The fraction of sp³-hybridized carbons (Fsp3) is 0.200. The monoisotopic (exact) mass is 307 g/mol. The maximum Gasteiger partial charge on any atom is 0.146 e. The minimum atomic E-state index is -0.213. The van der Waals surface area contributed by atoms with Crippen LogP contribution >= 0.6 is 15.9 Å². The molecule has 1 N–H and O–H groups in total. The summed E-state index contributed by atoms with van der Waals surface area (Å²) in [7, 11) is 0. The quantitative estimate of drug-likeness (QED) is 0.857. The van der Waals surface area contributed by atoms with Crippen molar-refractivity contribution < 1.29 is 4.39 Å². The number of benzene rings is 2. The molecule has 0 heterocycles. The van der Waals surface area contributed by atoms with Crippen molar-refractivity contribution in [1.82, 2.24) is 0 Å². The van der Waals surface area contributed by atoms with Crippen molar-refractivity contribution in [2.24, 2.45) is 0 Å². The Hall–Kier alpha value is -1.35. The molecule has 2 aromatic rings. The first-order valence-electron chi connectivity index (χ1n) is 5.81. The summed E-state index contributed by atoms with van der Waals surface area (Å²) in [4.78, 5) is 0. The van der Waals surface area contributed by atoms with Crippen LogP contribution in [0.2, 0.25) is 0 Å².